The maximum absolute atomic E-state index is 13.7. The van der Waals surface area contributed by atoms with Crippen molar-refractivity contribution < 1.29 is 53.4 Å². The number of Topliss-reactive ketones (excluding diaryl/α,β-unsaturated/α-hetero) is 1. The summed E-state index contributed by atoms with van der Waals surface area (Å²) >= 11 is 0. The fraction of sp³-hybridized carbons (Fsp3) is 0.429. The van der Waals surface area contributed by atoms with Crippen molar-refractivity contribution in [1.82, 2.24) is 5.32 Å². The van der Waals surface area contributed by atoms with Gasteiger partial charge in [0.25, 0.3) is 0 Å². The summed E-state index contributed by atoms with van der Waals surface area (Å²) in [7, 11) is 1.34. The number of hydrogen-bond donors (Lipinski definition) is 4. The fourth-order valence-corrected chi connectivity index (χ4v) is 6.24. The van der Waals surface area contributed by atoms with Crippen molar-refractivity contribution in [3.8, 4) is 17.2 Å². The van der Waals surface area contributed by atoms with Crippen LogP contribution in [-0.2, 0) is 25.4 Å². The van der Waals surface area contributed by atoms with E-state index >= 15 is 0 Å². The Kier molecular flexibility index (Phi) is 5.91. The topological polar surface area (TPSA) is 178 Å². The molecule has 2 saturated heterocycles. The number of hydrogen-bond acceptors (Lipinski definition) is 11. The Labute approximate surface area is 227 Å². The summed E-state index contributed by atoms with van der Waals surface area (Å²) in [6.07, 6.45) is -4.49. The van der Waals surface area contributed by atoms with E-state index in [1.165, 1.54) is 32.2 Å². The third-order valence-electron chi connectivity index (χ3n) is 8.27. The summed E-state index contributed by atoms with van der Waals surface area (Å²) in [5, 5.41) is 36.9. The average molecular weight is 554 g/mol. The first-order chi connectivity index (χ1) is 18.9. The minimum absolute atomic E-state index is 0.0167. The van der Waals surface area contributed by atoms with Crippen molar-refractivity contribution >= 4 is 23.4 Å². The van der Waals surface area contributed by atoms with Crippen LogP contribution in [0.1, 0.15) is 75.8 Å². The Morgan fingerprint density at radius 1 is 1.10 bits per heavy atom. The van der Waals surface area contributed by atoms with Crippen LogP contribution in [0.3, 0.4) is 0 Å². The first kappa shape index (κ1) is 26.2. The number of aliphatic hydroxyl groups is 1. The molecule has 2 aromatic carbocycles. The SMILES string of the molecule is COc1cccc2c1C(=O)c1c(O)c3c(c(O)c1C2=O)CC(O)(C(C)=O)CC3OC1CC2NC(=O)OC2C(C)O1. The van der Waals surface area contributed by atoms with Crippen LogP contribution >= 0.6 is 0 Å². The van der Waals surface area contributed by atoms with E-state index in [9.17, 15) is 34.5 Å². The van der Waals surface area contributed by atoms with E-state index < -0.39 is 88.7 Å². The number of phenols is 2. The number of fused-ring (bicyclic) bond motifs is 4. The van der Waals surface area contributed by atoms with E-state index in [1.807, 2.05) is 0 Å². The molecule has 2 aliphatic heterocycles. The van der Waals surface area contributed by atoms with Crippen molar-refractivity contribution in [3.63, 3.8) is 0 Å². The first-order valence-electron chi connectivity index (χ1n) is 12.8. The molecule has 12 nitrogen and oxygen atoms in total. The largest absolute Gasteiger partial charge is 0.507 e. The van der Waals surface area contributed by atoms with Crippen LogP contribution in [0.2, 0.25) is 0 Å². The highest BCUT2D eigenvalue weighted by Gasteiger charge is 2.50. The molecule has 0 saturated carbocycles. The molecule has 6 rings (SSSR count). The lowest BCUT2D eigenvalue weighted by molar-refractivity contribution is -0.242. The van der Waals surface area contributed by atoms with Crippen LogP contribution in [0, 0.1) is 0 Å². The summed E-state index contributed by atoms with van der Waals surface area (Å²) in [6.45, 7) is 2.88. The smallest absolute Gasteiger partial charge is 0.407 e. The van der Waals surface area contributed by atoms with Crippen LogP contribution in [0.5, 0.6) is 17.2 Å². The second-order valence-corrected chi connectivity index (χ2v) is 10.6. The molecule has 4 N–H and O–H groups in total. The van der Waals surface area contributed by atoms with Crippen molar-refractivity contribution in [2.24, 2.45) is 0 Å². The van der Waals surface area contributed by atoms with Gasteiger partial charge in [0, 0.05) is 36.0 Å². The van der Waals surface area contributed by atoms with Gasteiger partial charge in [-0.3, -0.25) is 14.4 Å². The number of nitrogens with one attached hydrogen (secondary N) is 1. The normalized spacial score (nSPS) is 30.4. The van der Waals surface area contributed by atoms with E-state index in [0.29, 0.717) is 0 Å². The Morgan fingerprint density at radius 2 is 1.82 bits per heavy atom. The predicted molar refractivity (Wildman–Crippen MR) is 134 cm³/mol. The van der Waals surface area contributed by atoms with Gasteiger partial charge in [-0.1, -0.05) is 12.1 Å². The van der Waals surface area contributed by atoms with E-state index in [2.05, 4.69) is 5.32 Å². The highest BCUT2D eigenvalue weighted by atomic mass is 16.7. The number of amides is 1. The van der Waals surface area contributed by atoms with Crippen LogP contribution in [0.15, 0.2) is 18.2 Å². The standard InChI is InChI=1S/C28H27NO11/c1-10-26-14(29-27(35)40-26)7-17(38-10)39-16-9-28(36,11(2)30)8-13-19(16)25(34)21-20(23(13)32)22(31)12-5-4-6-15(37-3)18(12)24(21)33/h4-6,10,14,16-17,26,32,34,36H,7-9H2,1-3H3,(H,29,35). The maximum atomic E-state index is 13.7. The Morgan fingerprint density at radius 3 is 2.52 bits per heavy atom. The lowest BCUT2D eigenvalue weighted by atomic mass is 9.72. The maximum Gasteiger partial charge on any atom is 0.407 e. The van der Waals surface area contributed by atoms with Gasteiger partial charge in [0.1, 0.15) is 29.0 Å². The molecule has 4 aliphatic rings. The summed E-state index contributed by atoms with van der Waals surface area (Å²) < 4.78 is 22.6. The molecule has 12 heteroatoms. The second-order valence-electron chi connectivity index (χ2n) is 10.6. The number of phenolic OH excluding ortho intramolecular Hbond substituents is 2. The molecule has 40 heavy (non-hydrogen) atoms. The highest BCUT2D eigenvalue weighted by Crippen LogP contribution is 2.52. The van der Waals surface area contributed by atoms with Crippen LogP contribution in [-0.4, -0.2) is 76.0 Å². The van der Waals surface area contributed by atoms with E-state index in [4.69, 9.17) is 18.9 Å². The number of ether oxygens (including phenoxy) is 4. The van der Waals surface area contributed by atoms with Gasteiger partial charge in [0.15, 0.2) is 17.9 Å². The number of carbonyl (C=O) groups is 4. The zero-order valence-corrected chi connectivity index (χ0v) is 21.8. The van der Waals surface area contributed by atoms with Gasteiger partial charge in [-0.15, -0.1) is 0 Å². The predicted octanol–water partition coefficient (Wildman–Crippen LogP) is 1.82. The molecule has 6 unspecified atom stereocenters. The number of alkyl carbamates (subject to hydrolysis) is 1. The minimum atomic E-state index is -2.01. The second kappa shape index (κ2) is 9.01. The number of rotatable bonds is 4. The molecule has 2 heterocycles. The van der Waals surface area contributed by atoms with E-state index in [1.54, 1.807) is 6.92 Å². The number of methoxy groups -OCH3 is 1. The van der Waals surface area contributed by atoms with Gasteiger partial charge >= 0.3 is 6.09 Å². The van der Waals surface area contributed by atoms with Gasteiger partial charge in [0.2, 0.25) is 5.78 Å². The van der Waals surface area contributed by atoms with Crippen molar-refractivity contribution in [2.75, 3.05) is 7.11 Å². The van der Waals surface area contributed by atoms with Gasteiger partial charge in [0.05, 0.1) is 42.0 Å². The number of carbonyl (C=O) groups excluding carboxylic acids is 4. The molecular weight excluding hydrogens is 526 g/mol. The van der Waals surface area contributed by atoms with Gasteiger partial charge < -0.3 is 39.6 Å². The fourth-order valence-electron chi connectivity index (χ4n) is 6.24. The van der Waals surface area contributed by atoms with Gasteiger partial charge in [-0.25, -0.2) is 4.79 Å². The molecule has 0 spiro atoms. The van der Waals surface area contributed by atoms with E-state index in [0.717, 1.165) is 0 Å². The van der Waals surface area contributed by atoms with Crippen molar-refractivity contribution in [1.29, 1.82) is 0 Å². The zero-order chi connectivity index (χ0) is 28.7. The number of ketones is 3. The summed E-state index contributed by atoms with van der Waals surface area (Å²) in [5.74, 6) is -3.18. The summed E-state index contributed by atoms with van der Waals surface area (Å²) in [4.78, 5) is 51.6. The van der Waals surface area contributed by atoms with Crippen molar-refractivity contribution in [2.45, 2.75) is 69.4 Å². The first-order valence-corrected chi connectivity index (χ1v) is 12.8. The minimum Gasteiger partial charge on any atom is -0.507 e. The molecule has 2 aromatic rings. The quantitative estimate of drug-likeness (QED) is 0.346. The molecule has 6 atom stereocenters. The van der Waals surface area contributed by atoms with Gasteiger partial charge in [-0.2, -0.15) is 0 Å². The van der Waals surface area contributed by atoms with Crippen LogP contribution < -0.4 is 10.1 Å². The molecule has 0 radical (unpaired) electrons. The van der Waals surface area contributed by atoms with E-state index in [-0.39, 0.29) is 40.8 Å². The highest BCUT2D eigenvalue weighted by molar-refractivity contribution is 6.31. The molecule has 210 valence electrons. The number of aromatic hydroxyl groups is 2. The lowest BCUT2D eigenvalue weighted by Crippen LogP contribution is -2.50. The Balaban J connectivity index is 1.48. The molecule has 0 aromatic heterocycles. The molecule has 2 aliphatic carbocycles. The third kappa shape index (κ3) is 3.70. The molecule has 2 fully saturated rings. The van der Waals surface area contributed by atoms with Crippen LogP contribution in [0.4, 0.5) is 4.79 Å². The zero-order valence-electron chi connectivity index (χ0n) is 21.8. The average Bonchev–Trinajstić information content (AvgIpc) is 3.29. The van der Waals surface area contributed by atoms with Crippen molar-refractivity contribution in [3.05, 3.63) is 51.6 Å². The summed E-state index contributed by atoms with van der Waals surface area (Å²) in [6, 6.07) is 4.01. The Bertz CT molecular complexity index is 1500. The molecular formula is C28H27NO11. The number of benzene rings is 2. The molecule has 0 bridgehead atoms. The summed E-state index contributed by atoms with van der Waals surface area (Å²) in [5.41, 5.74) is -3.05. The van der Waals surface area contributed by atoms with Crippen LogP contribution in [0.25, 0.3) is 0 Å². The Hall–Kier alpha value is -4.00. The monoisotopic (exact) mass is 553 g/mol. The third-order valence-corrected chi connectivity index (χ3v) is 8.27. The molecule has 1 amide bonds. The van der Waals surface area contributed by atoms with Gasteiger partial charge in [-0.05, 0) is 19.9 Å². The lowest BCUT2D eigenvalue weighted by Gasteiger charge is -2.41.